The van der Waals surface area contributed by atoms with Crippen molar-refractivity contribution in [3.8, 4) is 0 Å². The van der Waals surface area contributed by atoms with Crippen LogP contribution in [0.3, 0.4) is 0 Å². The first-order valence-electron chi connectivity index (χ1n) is 5.22. The number of unbranched alkanes of at least 4 members (excludes halogenated alkanes) is 1. The molecule has 0 saturated heterocycles. The van der Waals surface area contributed by atoms with Gasteiger partial charge in [0.1, 0.15) is 6.54 Å². The Morgan fingerprint density at radius 2 is 2.07 bits per heavy atom. The molecule has 4 nitrogen and oxygen atoms in total. The maximum atomic E-state index is 11.4. The number of rotatable bonds is 7. The largest absolute Gasteiger partial charge is 0.465 e. The molecule has 0 saturated carbocycles. The van der Waals surface area contributed by atoms with Crippen LogP contribution >= 0.6 is 0 Å². The lowest BCUT2D eigenvalue weighted by atomic mass is 10.3. The normalized spacial score (nSPS) is 9.47. The third-order valence-corrected chi connectivity index (χ3v) is 1.89. The Morgan fingerprint density at radius 3 is 2.53 bits per heavy atom. The molecule has 0 N–H and O–H groups in total. The molecule has 0 aromatic carbocycles. The van der Waals surface area contributed by atoms with Crippen molar-refractivity contribution in [3.63, 3.8) is 0 Å². The lowest BCUT2D eigenvalue weighted by molar-refractivity contribution is -0.147. The molecule has 0 aromatic heterocycles. The Hall–Kier alpha value is -1.32. The second kappa shape index (κ2) is 8.03. The van der Waals surface area contributed by atoms with Gasteiger partial charge in [0, 0.05) is 6.54 Å². The topological polar surface area (TPSA) is 46.6 Å². The summed E-state index contributed by atoms with van der Waals surface area (Å²) < 4.78 is 4.78. The van der Waals surface area contributed by atoms with Crippen molar-refractivity contribution in [1.82, 2.24) is 4.90 Å². The minimum absolute atomic E-state index is 0.0126. The number of ether oxygens (including phenoxy) is 1. The van der Waals surface area contributed by atoms with Gasteiger partial charge in [0.15, 0.2) is 0 Å². The maximum Gasteiger partial charge on any atom is 0.325 e. The van der Waals surface area contributed by atoms with Gasteiger partial charge in [-0.3, -0.25) is 9.59 Å². The first kappa shape index (κ1) is 13.7. The van der Waals surface area contributed by atoms with Crippen LogP contribution in [0.5, 0.6) is 0 Å². The fraction of sp³-hybridized carbons (Fsp3) is 0.636. The zero-order valence-electron chi connectivity index (χ0n) is 9.49. The van der Waals surface area contributed by atoms with Crippen molar-refractivity contribution < 1.29 is 14.3 Å². The average Bonchev–Trinajstić information content (AvgIpc) is 2.23. The molecule has 0 fully saturated rings. The summed E-state index contributed by atoms with van der Waals surface area (Å²) in [5.74, 6) is -0.597. The zero-order chi connectivity index (χ0) is 11.7. The molecule has 86 valence electrons. The smallest absolute Gasteiger partial charge is 0.325 e. The summed E-state index contributed by atoms with van der Waals surface area (Å²) in [6.07, 6.45) is 3.07. The summed E-state index contributed by atoms with van der Waals surface area (Å²) in [7, 11) is 0. The van der Waals surface area contributed by atoms with Gasteiger partial charge in [-0.15, -0.1) is 0 Å². The van der Waals surface area contributed by atoms with Crippen LogP contribution in [-0.2, 0) is 14.3 Å². The van der Waals surface area contributed by atoms with Gasteiger partial charge in [-0.05, 0) is 19.4 Å². The molecule has 0 rings (SSSR count). The van der Waals surface area contributed by atoms with E-state index >= 15 is 0 Å². The van der Waals surface area contributed by atoms with Crippen molar-refractivity contribution in [2.24, 2.45) is 0 Å². The van der Waals surface area contributed by atoms with Crippen LogP contribution in [0.2, 0.25) is 0 Å². The molecule has 0 unspecified atom stereocenters. The predicted octanol–water partition coefficient (Wildman–Crippen LogP) is 1.36. The summed E-state index contributed by atoms with van der Waals surface area (Å²) in [6, 6.07) is 0. The van der Waals surface area contributed by atoms with E-state index in [-0.39, 0.29) is 18.4 Å². The summed E-state index contributed by atoms with van der Waals surface area (Å²) in [5, 5.41) is 0. The van der Waals surface area contributed by atoms with E-state index in [1.165, 1.54) is 11.0 Å². The van der Waals surface area contributed by atoms with E-state index in [1.807, 2.05) is 6.92 Å². The minimum atomic E-state index is -0.371. The number of hydrogen-bond acceptors (Lipinski definition) is 3. The van der Waals surface area contributed by atoms with Crippen molar-refractivity contribution in [2.75, 3.05) is 19.7 Å². The molecule has 0 aromatic rings. The van der Waals surface area contributed by atoms with Gasteiger partial charge in [-0.2, -0.15) is 0 Å². The van der Waals surface area contributed by atoms with Gasteiger partial charge in [-0.25, -0.2) is 0 Å². The van der Waals surface area contributed by atoms with Crippen LogP contribution in [0, 0.1) is 0 Å². The fourth-order valence-corrected chi connectivity index (χ4v) is 1.11. The molecule has 0 aliphatic rings. The van der Waals surface area contributed by atoms with Gasteiger partial charge >= 0.3 is 5.97 Å². The van der Waals surface area contributed by atoms with Crippen LogP contribution in [0.25, 0.3) is 0 Å². The zero-order valence-corrected chi connectivity index (χ0v) is 9.49. The van der Waals surface area contributed by atoms with Crippen molar-refractivity contribution in [3.05, 3.63) is 12.7 Å². The van der Waals surface area contributed by atoms with E-state index in [0.29, 0.717) is 13.2 Å². The standard InChI is InChI=1S/C11H19NO3/c1-4-7-8-12(10(13)5-2)9-11(14)15-6-3/h5H,2,4,6-9H2,1,3H3. The van der Waals surface area contributed by atoms with Gasteiger partial charge in [-0.1, -0.05) is 19.9 Å². The minimum Gasteiger partial charge on any atom is -0.465 e. The highest BCUT2D eigenvalue weighted by atomic mass is 16.5. The number of nitrogens with zero attached hydrogens (tertiary/aromatic N) is 1. The molecular weight excluding hydrogens is 194 g/mol. The monoisotopic (exact) mass is 213 g/mol. The second-order valence-corrected chi connectivity index (χ2v) is 3.12. The number of hydrogen-bond donors (Lipinski definition) is 0. The van der Waals surface area contributed by atoms with Crippen LogP contribution in [0.1, 0.15) is 26.7 Å². The fourth-order valence-electron chi connectivity index (χ4n) is 1.11. The Morgan fingerprint density at radius 1 is 1.40 bits per heavy atom. The molecule has 4 heteroatoms. The van der Waals surface area contributed by atoms with Gasteiger partial charge < -0.3 is 9.64 Å². The van der Waals surface area contributed by atoms with Crippen LogP contribution in [0.15, 0.2) is 12.7 Å². The van der Waals surface area contributed by atoms with Gasteiger partial charge in [0.2, 0.25) is 5.91 Å². The van der Waals surface area contributed by atoms with Gasteiger partial charge in [0.05, 0.1) is 6.61 Å². The van der Waals surface area contributed by atoms with E-state index in [9.17, 15) is 9.59 Å². The Bertz CT molecular complexity index is 226. The van der Waals surface area contributed by atoms with Crippen molar-refractivity contribution in [1.29, 1.82) is 0 Å². The highest BCUT2D eigenvalue weighted by molar-refractivity contribution is 5.89. The Kier molecular flexibility index (Phi) is 7.32. The third-order valence-electron chi connectivity index (χ3n) is 1.89. The number of esters is 1. The molecule has 1 amide bonds. The SMILES string of the molecule is C=CC(=O)N(CCCC)CC(=O)OCC. The van der Waals surface area contributed by atoms with E-state index in [4.69, 9.17) is 4.74 Å². The van der Waals surface area contributed by atoms with E-state index < -0.39 is 0 Å². The van der Waals surface area contributed by atoms with Crippen LogP contribution in [0.4, 0.5) is 0 Å². The lowest BCUT2D eigenvalue weighted by Gasteiger charge is -2.19. The molecule has 0 radical (unpaired) electrons. The number of carbonyl (C=O) groups is 2. The van der Waals surface area contributed by atoms with Gasteiger partial charge in [0.25, 0.3) is 0 Å². The summed E-state index contributed by atoms with van der Waals surface area (Å²) in [6.45, 7) is 8.09. The molecule has 15 heavy (non-hydrogen) atoms. The van der Waals surface area contributed by atoms with Crippen molar-refractivity contribution >= 4 is 11.9 Å². The molecular formula is C11H19NO3. The first-order valence-corrected chi connectivity index (χ1v) is 5.22. The van der Waals surface area contributed by atoms with Crippen LogP contribution in [-0.4, -0.2) is 36.5 Å². The maximum absolute atomic E-state index is 11.4. The Labute approximate surface area is 90.9 Å². The van der Waals surface area contributed by atoms with Crippen molar-refractivity contribution in [2.45, 2.75) is 26.7 Å². The quantitative estimate of drug-likeness (QED) is 0.474. The molecule has 0 bridgehead atoms. The molecule has 0 heterocycles. The average molecular weight is 213 g/mol. The second-order valence-electron chi connectivity index (χ2n) is 3.12. The summed E-state index contributed by atoms with van der Waals surface area (Å²) in [4.78, 5) is 24.0. The lowest BCUT2D eigenvalue weighted by Crippen LogP contribution is -2.36. The molecule has 0 aliphatic heterocycles. The number of amides is 1. The molecule has 0 atom stereocenters. The van der Waals surface area contributed by atoms with E-state index in [2.05, 4.69) is 6.58 Å². The third kappa shape index (κ3) is 5.88. The predicted molar refractivity (Wildman–Crippen MR) is 58.3 cm³/mol. The summed E-state index contributed by atoms with van der Waals surface area (Å²) in [5.41, 5.74) is 0. The highest BCUT2D eigenvalue weighted by Crippen LogP contribution is 1.97. The summed E-state index contributed by atoms with van der Waals surface area (Å²) >= 11 is 0. The molecule has 0 spiro atoms. The molecule has 0 aliphatic carbocycles. The number of carbonyl (C=O) groups excluding carboxylic acids is 2. The van der Waals surface area contributed by atoms with E-state index in [1.54, 1.807) is 6.92 Å². The first-order chi connectivity index (χ1) is 7.15. The Balaban J connectivity index is 4.17. The van der Waals surface area contributed by atoms with Crippen LogP contribution < -0.4 is 0 Å². The van der Waals surface area contributed by atoms with E-state index in [0.717, 1.165) is 12.8 Å². The highest BCUT2D eigenvalue weighted by Gasteiger charge is 2.14.